The van der Waals surface area contributed by atoms with E-state index in [1.807, 2.05) is 30.3 Å². The van der Waals surface area contributed by atoms with Crippen LogP contribution in [-0.4, -0.2) is 72.9 Å². The van der Waals surface area contributed by atoms with Crippen LogP contribution in [0.15, 0.2) is 73.1 Å². The average Bonchev–Trinajstić information content (AvgIpc) is 3.15. The Bertz CT molecular complexity index is 1970. The Hall–Kier alpha value is -5.70. The van der Waals surface area contributed by atoms with Crippen molar-refractivity contribution in [2.75, 3.05) is 49.8 Å². The maximum atomic E-state index is 14.0. The third kappa shape index (κ3) is 8.68. The first kappa shape index (κ1) is 37.1. The average molecular weight is 731 g/mol. The van der Waals surface area contributed by atoms with Gasteiger partial charge >= 0.3 is 6.18 Å². The van der Waals surface area contributed by atoms with Crippen LogP contribution in [0.1, 0.15) is 58.8 Å². The van der Waals surface area contributed by atoms with E-state index in [0.717, 1.165) is 49.1 Å². The Balaban J connectivity index is 1.09. The lowest BCUT2D eigenvalue weighted by molar-refractivity contribution is -0.137. The summed E-state index contributed by atoms with van der Waals surface area (Å²) < 4.78 is 47.7. The summed E-state index contributed by atoms with van der Waals surface area (Å²) in [6.45, 7) is 2.27. The van der Waals surface area contributed by atoms with E-state index in [1.54, 1.807) is 18.3 Å². The van der Waals surface area contributed by atoms with Crippen molar-refractivity contribution in [1.82, 2.24) is 25.5 Å². The molecule has 4 aromatic rings. The minimum atomic E-state index is -4.70. The number of carbonyl (C=O) groups excluding carboxylic acids is 3. The molecule has 2 aliphatic heterocycles. The molecule has 0 radical (unpaired) electrons. The van der Waals surface area contributed by atoms with Crippen LogP contribution in [0.4, 0.5) is 41.7 Å². The summed E-state index contributed by atoms with van der Waals surface area (Å²) in [5.41, 5.74) is 2.34. The van der Waals surface area contributed by atoms with Crippen LogP contribution in [-0.2, 0) is 22.3 Å². The first-order valence-electron chi connectivity index (χ1n) is 17.3. The summed E-state index contributed by atoms with van der Waals surface area (Å²) >= 11 is 0. The second-order valence-electron chi connectivity index (χ2n) is 13.1. The standard InChI is InChI=1S/C38H41F3N8O4/c1-42-36(51)28-6-4-5-7-30(28)45-32-19-34(44-21-29(32)38(39,40)41)46-31-12-10-26(18-33(31)53-3)49-16-14-25(15-17-49)48(2)22-24-9-8-23(20-43-24)27-11-13-35(50)47-37(27)52/h4-10,12,18-21,25,27H,11,13-17,22H2,1-3H3,(H,42,51)(H2,44,45,46)(H,47,50,52). The van der Waals surface area contributed by atoms with Crippen molar-refractivity contribution >= 4 is 46.3 Å². The number of rotatable bonds is 11. The second-order valence-corrected chi connectivity index (χ2v) is 13.1. The molecule has 1 atom stereocenters. The highest BCUT2D eigenvalue weighted by atomic mass is 19.4. The fourth-order valence-corrected chi connectivity index (χ4v) is 6.74. The number of nitrogens with one attached hydrogen (secondary N) is 4. The summed E-state index contributed by atoms with van der Waals surface area (Å²) in [4.78, 5) is 49.3. The molecular formula is C38H41F3N8O4. The zero-order valence-electron chi connectivity index (χ0n) is 29.6. The molecule has 4 N–H and O–H groups in total. The third-order valence-electron chi connectivity index (χ3n) is 9.68. The van der Waals surface area contributed by atoms with Gasteiger partial charge < -0.3 is 25.6 Å². The lowest BCUT2D eigenvalue weighted by atomic mass is 9.91. The van der Waals surface area contributed by atoms with E-state index in [4.69, 9.17) is 4.74 Å². The van der Waals surface area contributed by atoms with Crippen LogP contribution in [0.5, 0.6) is 5.75 Å². The summed E-state index contributed by atoms with van der Waals surface area (Å²) in [5.74, 6) is -0.670. The van der Waals surface area contributed by atoms with E-state index < -0.39 is 17.6 Å². The molecule has 15 heteroatoms. The number of imide groups is 1. The molecule has 2 aromatic heterocycles. The highest BCUT2D eigenvalue weighted by Crippen LogP contribution is 2.39. The number of nitrogens with zero attached hydrogens (tertiary/aromatic N) is 4. The van der Waals surface area contributed by atoms with Crippen LogP contribution in [0.25, 0.3) is 0 Å². The van der Waals surface area contributed by atoms with Crippen LogP contribution in [0, 0.1) is 0 Å². The number of pyridine rings is 2. The number of ether oxygens (including phenoxy) is 1. The van der Waals surface area contributed by atoms with Gasteiger partial charge in [-0.3, -0.25) is 29.6 Å². The van der Waals surface area contributed by atoms with Gasteiger partial charge in [-0.1, -0.05) is 18.2 Å². The number of methoxy groups -OCH3 is 1. The van der Waals surface area contributed by atoms with E-state index in [0.29, 0.717) is 36.9 Å². The van der Waals surface area contributed by atoms with Crippen molar-refractivity contribution in [3.8, 4) is 5.75 Å². The van der Waals surface area contributed by atoms with Crippen molar-refractivity contribution in [3.63, 3.8) is 0 Å². The predicted octanol–water partition coefficient (Wildman–Crippen LogP) is 5.97. The molecule has 2 saturated heterocycles. The van der Waals surface area contributed by atoms with E-state index in [-0.39, 0.29) is 40.5 Å². The fraction of sp³-hybridized carbons (Fsp3) is 0.342. The smallest absolute Gasteiger partial charge is 0.419 e. The maximum absolute atomic E-state index is 14.0. The number of halogens is 3. The molecule has 0 spiro atoms. The molecule has 0 bridgehead atoms. The lowest BCUT2D eigenvalue weighted by Gasteiger charge is -2.38. The Morgan fingerprint density at radius 3 is 2.42 bits per heavy atom. The van der Waals surface area contributed by atoms with E-state index in [1.165, 1.54) is 32.4 Å². The van der Waals surface area contributed by atoms with Crippen molar-refractivity contribution in [2.45, 2.75) is 50.4 Å². The molecule has 12 nitrogen and oxygen atoms in total. The number of benzene rings is 2. The van der Waals surface area contributed by atoms with E-state index in [9.17, 15) is 27.6 Å². The molecule has 6 rings (SSSR count). The Labute approximate surface area is 305 Å². The topological polar surface area (TPSA) is 141 Å². The minimum absolute atomic E-state index is 0.146. The van der Waals surface area contributed by atoms with E-state index >= 15 is 0 Å². The fourth-order valence-electron chi connectivity index (χ4n) is 6.74. The van der Waals surface area contributed by atoms with Gasteiger partial charge in [-0.2, -0.15) is 13.2 Å². The van der Waals surface area contributed by atoms with Gasteiger partial charge in [0.25, 0.3) is 5.91 Å². The van der Waals surface area contributed by atoms with Crippen molar-refractivity contribution < 1.29 is 32.3 Å². The summed E-state index contributed by atoms with van der Waals surface area (Å²) in [6, 6.07) is 17.4. The van der Waals surface area contributed by atoms with Crippen molar-refractivity contribution in [2.24, 2.45) is 0 Å². The summed E-state index contributed by atoms with van der Waals surface area (Å²) in [5, 5.41) is 10.8. The highest BCUT2D eigenvalue weighted by molar-refractivity contribution is 6.01. The normalized spacial score (nSPS) is 16.7. The van der Waals surface area contributed by atoms with Gasteiger partial charge in [-0.25, -0.2) is 4.98 Å². The molecule has 0 saturated carbocycles. The Morgan fingerprint density at radius 1 is 0.962 bits per heavy atom. The number of hydrogen-bond acceptors (Lipinski definition) is 10. The SMILES string of the molecule is CNC(=O)c1ccccc1Nc1cc(Nc2ccc(N3CCC(N(C)Cc4ccc(C5CCC(=O)NC5=O)cn4)CC3)cc2OC)ncc1C(F)(F)F. The third-order valence-corrected chi connectivity index (χ3v) is 9.68. The molecule has 0 aliphatic carbocycles. The quantitative estimate of drug-likeness (QED) is 0.137. The number of piperidine rings is 2. The van der Waals surface area contributed by atoms with Crippen LogP contribution < -0.4 is 30.9 Å². The predicted molar refractivity (Wildman–Crippen MR) is 195 cm³/mol. The van der Waals surface area contributed by atoms with Crippen LogP contribution in [0.2, 0.25) is 0 Å². The summed E-state index contributed by atoms with van der Waals surface area (Å²) in [6.07, 6.45) is 0.439. The molecule has 2 aromatic carbocycles. The van der Waals surface area contributed by atoms with Crippen LogP contribution >= 0.6 is 0 Å². The maximum Gasteiger partial charge on any atom is 0.419 e. The monoisotopic (exact) mass is 730 g/mol. The molecule has 278 valence electrons. The van der Waals surface area contributed by atoms with Gasteiger partial charge in [0.15, 0.2) is 0 Å². The minimum Gasteiger partial charge on any atom is -0.494 e. The van der Waals surface area contributed by atoms with Gasteiger partial charge in [0.05, 0.1) is 46.9 Å². The first-order chi connectivity index (χ1) is 25.4. The van der Waals surface area contributed by atoms with Crippen molar-refractivity contribution in [3.05, 3.63) is 95.4 Å². The largest absolute Gasteiger partial charge is 0.494 e. The van der Waals surface area contributed by atoms with Gasteiger partial charge in [0.2, 0.25) is 11.8 Å². The number of aromatic nitrogens is 2. The number of carbonyl (C=O) groups is 3. The molecule has 4 heterocycles. The first-order valence-corrected chi connectivity index (χ1v) is 17.3. The van der Waals surface area contributed by atoms with Gasteiger partial charge in [-0.15, -0.1) is 0 Å². The molecule has 3 amide bonds. The second kappa shape index (κ2) is 15.9. The van der Waals surface area contributed by atoms with Gasteiger partial charge in [-0.05, 0) is 62.2 Å². The molecule has 1 unspecified atom stereocenters. The number of amides is 3. The van der Waals surface area contributed by atoms with Gasteiger partial charge in [0, 0.05) is 69.4 Å². The van der Waals surface area contributed by atoms with E-state index in [2.05, 4.69) is 48.1 Å². The van der Waals surface area contributed by atoms with Crippen LogP contribution in [0.3, 0.4) is 0 Å². The molecule has 2 fully saturated rings. The highest BCUT2D eigenvalue weighted by Gasteiger charge is 2.35. The van der Waals surface area contributed by atoms with Gasteiger partial charge in [0.1, 0.15) is 11.6 Å². The molecular weight excluding hydrogens is 689 g/mol. The number of alkyl halides is 3. The molecule has 53 heavy (non-hydrogen) atoms. The number of para-hydroxylation sites is 1. The van der Waals surface area contributed by atoms with Crippen molar-refractivity contribution in [1.29, 1.82) is 0 Å². The Kier molecular flexibility index (Phi) is 11.1. The molecule has 2 aliphatic rings. The lowest BCUT2D eigenvalue weighted by Crippen LogP contribution is -2.43. The number of anilines is 5. The summed E-state index contributed by atoms with van der Waals surface area (Å²) in [7, 11) is 5.06. The Morgan fingerprint density at radius 2 is 1.74 bits per heavy atom. The zero-order valence-corrected chi connectivity index (χ0v) is 29.6. The number of hydrogen-bond donors (Lipinski definition) is 4. The zero-order chi connectivity index (χ0) is 37.7.